The van der Waals surface area contributed by atoms with Gasteiger partial charge < -0.3 is 9.47 Å². The lowest BCUT2D eigenvalue weighted by atomic mass is 9.89. The van der Waals surface area contributed by atoms with E-state index in [-0.39, 0.29) is 12.7 Å². The predicted molar refractivity (Wildman–Crippen MR) is 106 cm³/mol. The maximum atomic E-state index is 15.1. The van der Waals surface area contributed by atoms with Crippen molar-refractivity contribution in [1.29, 1.82) is 0 Å². The summed E-state index contributed by atoms with van der Waals surface area (Å²) in [6, 6.07) is 2.10. The number of carbonyl (C=O) groups excluding carboxylic acids is 3. The van der Waals surface area contributed by atoms with Gasteiger partial charge in [-0.05, 0) is 46.6 Å². The van der Waals surface area contributed by atoms with Crippen LogP contribution in [0.4, 0.5) is 30.7 Å². The minimum Gasteiger partial charge on any atom is -0.462 e. The molecule has 13 heteroatoms. The van der Waals surface area contributed by atoms with Crippen LogP contribution in [0.5, 0.6) is 0 Å². The van der Waals surface area contributed by atoms with Gasteiger partial charge in [0.05, 0.1) is 27.8 Å². The van der Waals surface area contributed by atoms with E-state index in [4.69, 9.17) is 4.74 Å². The van der Waals surface area contributed by atoms with Gasteiger partial charge in [-0.2, -0.15) is 26.3 Å². The molecule has 186 valence electrons. The van der Waals surface area contributed by atoms with Gasteiger partial charge in [-0.25, -0.2) is 14.0 Å². The molecule has 0 aliphatic heterocycles. The highest BCUT2D eigenvalue weighted by Crippen LogP contribution is 2.48. The molecule has 0 radical (unpaired) electrons. The first-order valence-corrected chi connectivity index (χ1v) is 10.4. The summed E-state index contributed by atoms with van der Waals surface area (Å²) in [5.41, 5.74) is -7.51. The third-order valence-corrected chi connectivity index (χ3v) is 5.39. The fourth-order valence-electron chi connectivity index (χ4n) is 2.75. The zero-order chi connectivity index (χ0) is 25.9. The molecule has 0 saturated carbocycles. The lowest BCUT2D eigenvalue weighted by Gasteiger charge is -2.31. The summed E-state index contributed by atoms with van der Waals surface area (Å²) < 4.78 is 102. The number of esters is 2. The summed E-state index contributed by atoms with van der Waals surface area (Å²) in [6.07, 6.45) is -8.75. The molecule has 1 aromatic rings. The Labute approximate surface area is 196 Å². The molecule has 1 aliphatic carbocycles. The van der Waals surface area contributed by atoms with Gasteiger partial charge in [0.2, 0.25) is 5.78 Å². The van der Waals surface area contributed by atoms with Crippen molar-refractivity contribution in [3.63, 3.8) is 0 Å². The number of allylic oxidation sites excluding steroid dienone is 2. The Morgan fingerprint density at radius 1 is 1.00 bits per heavy atom. The van der Waals surface area contributed by atoms with Crippen LogP contribution < -0.4 is 0 Å². The monoisotopic (exact) mass is 560 g/mol. The summed E-state index contributed by atoms with van der Waals surface area (Å²) in [5.74, 6) is -7.11. The molecule has 0 fully saturated rings. The van der Waals surface area contributed by atoms with Crippen LogP contribution in [0.3, 0.4) is 0 Å². The number of rotatable bonds is 7. The summed E-state index contributed by atoms with van der Waals surface area (Å²) >= 11 is 2.57. The smallest absolute Gasteiger partial charge is 0.437 e. The van der Waals surface area contributed by atoms with Gasteiger partial charge in [-0.15, -0.1) is 0 Å². The van der Waals surface area contributed by atoms with E-state index in [2.05, 4.69) is 20.7 Å². The number of ether oxygens (including phenoxy) is 2. The average Bonchev–Trinajstić information content (AvgIpc) is 2.75. The fourth-order valence-corrected chi connectivity index (χ4v) is 3.38. The van der Waals surface area contributed by atoms with Crippen molar-refractivity contribution in [2.24, 2.45) is 0 Å². The molecule has 1 aliphatic rings. The van der Waals surface area contributed by atoms with Gasteiger partial charge in [0, 0.05) is 6.08 Å². The minimum atomic E-state index is -5.91. The molecule has 0 heterocycles. The van der Waals surface area contributed by atoms with Crippen molar-refractivity contribution >= 4 is 33.7 Å². The Bertz CT molecular complexity index is 1030. The van der Waals surface area contributed by atoms with Crippen molar-refractivity contribution in [2.75, 3.05) is 6.61 Å². The van der Waals surface area contributed by atoms with E-state index >= 15 is 4.39 Å². The zero-order valence-electron chi connectivity index (χ0n) is 17.3. The number of unbranched alkanes of at least 4 members (excludes halogenated alkanes) is 2. The molecule has 0 unspecified atom stereocenters. The summed E-state index contributed by atoms with van der Waals surface area (Å²) in [7, 11) is 0. The molecule has 0 amide bonds. The topological polar surface area (TPSA) is 69.7 Å². The molecule has 5 nitrogen and oxygen atoms in total. The molecule has 0 saturated heterocycles. The normalized spacial score (nSPS) is 19.1. The number of alkyl halides is 7. The van der Waals surface area contributed by atoms with E-state index in [0.717, 1.165) is 6.42 Å². The van der Waals surface area contributed by atoms with Gasteiger partial charge in [-0.1, -0.05) is 19.8 Å². The third kappa shape index (κ3) is 5.68. The van der Waals surface area contributed by atoms with Crippen molar-refractivity contribution in [1.82, 2.24) is 0 Å². The first-order chi connectivity index (χ1) is 15.6. The number of hydrogen-bond acceptors (Lipinski definition) is 5. The average molecular weight is 561 g/mol. The Hall–Kier alpha value is -2.70. The van der Waals surface area contributed by atoms with Crippen LogP contribution in [0.25, 0.3) is 0 Å². The van der Waals surface area contributed by atoms with Crippen molar-refractivity contribution < 1.29 is 54.6 Å². The third-order valence-electron chi connectivity index (χ3n) is 4.60. The lowest BCUT2D eigenvalue weighted by Crippen LogP contribution is -2.52. The van der Waals surface area contributed by atoms with E-state index in [1.54, 1.807) is 0 Å². The molecule has 1 aromatic carbocycles. The molecule has 0 spiro atoms. The predicted octanol–water partition coefficient (Wildman–Crippen LogP) is 5.98. The summed E-state index contributed by atoms with van der Waals surface area (Å²) in [6.45, 7) is 1.72. The highest BCUT2D eigenvalue weighted by Gasteiger charge is 2.67. The highest BCUT2D eigenvalue weighted by atomic mass is 79.9. The second kappa shape index (κ2) is 10.3. The number of hydrogen-bond donors (Lipinski definition) is 0. The number of carbonyl (C=O) groups is 3. The fraction of sp³-hybridized carbons (Fsp3) is 0.381. The van der Waals surface area contributed by atoms with E-state index in [0.29, 0.717) is 37.1 Å². The molecule has 1 atom stereocenters. The Balaban J connectivity index is 2.43. The number of halogens is 8. The van der Waals surface area contributed by atoms with Gasteiger partial charge >= 0.3 is 30.0 Å². The molecular formula is C21H16BrF7O5. The maximum absolute atomic E-state index is 15.1. The second-order valence-corrected chi connectivity index (χ2v) is 7.82. The van der Waals surface area contributed by atoms with Crippen LogP contribution in [0.15, 0.2) is 46.2 Å². The van der Waals surface area contributed by atoms with E-state index in [9.17, 15) is 40.7 Å². The quantitative estimate of drug-likeness (QED) is 0.233. The van der Waals surface area contributed by atoms with Gasteiger partial charge in [0.15, 0.2) is 5.76 Å². The summed E-state index contributed by atoms with van der Waals surface area (Å²) in [4.78, 5) is 36.7. The minimum absolute atomic E-state index is 0.0786. The number of ketones is 1. The second-order valence-electron chi connectivity index (χ2n) is 7.03. The lowest BCUT2D eigenvalue weighted by molar-refractivity contribution is -0.219. The first kappa shape index (κ1) is 27.5. The summed E-state index contributed by atoms with van der Waals surface area (Å²) in [5, 5.41) is 0. The Morgan fingerprint density at radius 2 is 1.59 bits per heavy atom. The van der Waals surface area contributed by atoms with Crippen LogP contribution in [-0.4, -0.2) is 36.2 Å². The van der Waals surface area contributed by atoms with Crippen LogP contribution in [-0.2, 0) is 25.2 Å². The molecule has 0 aromatic heterocycles. The Morgan fingerprint density at radius 3 is 2.09 bits per heavy atom. The Kier molecular flexibility index (Phi) is 8.33. The van der Waals surface area contributed by atoms with Crippen LogP contribution >= 0.6 is 15.9 Å². The first-order valence-electron chi connectivity index (χ1n) is 9.63. The highest BCUT2D eigenvalue weighted by molar-refractivity contribution is 9.12. The molecule has 0 bridgehead atoms. The van der Waals surface area contributed by atoms with E-state index < -0.39 is 62.7 Å². The standard InChI is InChI=1S/C21H16BrF7O5/c1-2-3-4-9-33-18(32)13-10-14(30)19(23,21(27,28)29)16(15(13)22)34-17(31)11-5-7-12(8-6-11)20(24,25)26/h5-8,10H,2-4,9H2,1H3/t19-/m1/s1. The van der Waals surface area contributed by atoms with Crippen molar-refractivity contribution in [3.8, 4) is 0 Å². The molecule has 0 N–H and O–H groups in total. The molecular weight excluding hydrogens is 545 g/mol. The SMILES string of the molecule is CCCCCOC(=O)C1=CC(=O)[C@](F)(C(F)(F)F)C(OC(=O)c2ccc(C(F)(F)F)cc2)=C1Br. The van der Waals surface area contributed by atoms with Gasteiger partial charge in [0.1, 0.15) is 0 Å². The van der Waals surface area contributed by atoms with Crippen LogP contribution in [0, 0.1) is 0 Å². The molecule has 34 heavy (non-hydrogen) atoms. The zero-order valence-corrected chi connectivity index (χ0v) is 18.9. The van der Waals surface area contributed by atoms with Crippen LogP contribution in [0.1, 0.15) is 42.1 Å². The van der Waals surface area contributed by atoms with Crippen molar-refractivity contribution in [3.05, 3.63) is 57.3 Å². The van der Waals surface area contributed by atoms with Crippen molar-refractivity contribution in [2.45, 2.75) is 44.2 Å². The van der Waals surface area contributed by atoms with Gasteiger partial charge in [0.25, 0.3) is 0 Å². The molecule has 2 rings (SSSR count). The van der Waals surface area contributed by atoms with Gasteiger partial charge in [-0.3, -0.25) is 4.79 Å². The largest absolute Gasteiger partial charge is 0.462 e. The van der Waals surface area contributed by atoms with E-state index in [1.807, 2.05) is 6.92 Å². The van der Waals surface area contributed by atoms with Crippen LogP contribution in [0.2, 0.25) is 0 Å². The number of benzene rings is 1. The van der Waals surface area contributed by atoms with E-state index in [1.165, 1.54) is 0 Å². The maximum Gasteiger partial charge on any atom is 0.437 e.